The average Bonchev–Trinajstić information content (AvgIpc) is 2.66. The van der Waals surface area contributed by atoms with Crippen molar-refractivity contribution in [2.75, 3.05) is 14.1 Å². The van der Waals surface area contributed by atoms with Crippen LogP contribution in [0.25, 0.3) is 11.0 Å². The molecule has 0 spiro atoms. The molecule has 2 heterocycles. The molecule has 1 atom stereocenters. The van der Waals surface area contributed by atoms with E-state index in [2.05, 4.69) is 35.0 Å². The molecule has 1 aliphatic rings. The molecule has 0 fully saturated rings. The highest BCUT2D eigenvalue weighted by molar-refractivity contribution is 5.81. The van der Waals surface area contributed by atoms with E-state index >= 15 is 0 Å². The lowest BCUT2D eigenvalue weighted by Crippen LogP contribution is -2.33. The summed E-state index contributed by atoms with van der Waals surface area (Å²) in [7, 11) is 4.34. The van der Waals surface area contributed by atoms with E-state index in [-0.39, 0.29) is 0 Å². The molecule has 2 aromatic rings. The summed E-state index contributed by atoms with van der Waals surface area (Å²) < 4.78 is 0. The van der Waals surface area contributed by atoms with E-state index in [0.29, 0.717) is 6.04 Å². The molecule has 1 N–H and O–H groups in total. The summed E-state index contributed by atoms with van der Waals surface area (Å²) in [5, 5.41) is 1.31. The van der Waals surface area contributed by atoms with Gasteiger partial charge in [0.25, 0.3) is 0 Å². The van der Waals surface area contributed by atoms with Crippen LogP contribution in [0.1, 0.15) is 17.7 Å². The quantitative estimate of drug-likeness (QED) is 0.789. The van der Waals surface area contributed by atoms with Gasteiger partial charge in [-0.05, 0) is 51.1 Å². The van der Waals surface area contributed by atoms with E-state index in [1.807, 2.05) is 12.3 Å². The number of aryl methyl sites for hydroxylation is 1. The Balaban J connectivity index is 2.08. The molecule has 0 saturated carbocycles. The molecular formula is C13H17N3. The van der Waals surface area contributed by atoms with Crippen molar-refractivity contribution in [1.29, 1.82) is 0 Å². The number of fused-ring (bicyclic) bond motifs is 3. The van der Waals surface area contributed by atoms with Crippen molar-refractivity contribution in [3.63, 3.8) is 0 Å². The van der Waals surface area contributed by atoms with Crippen LogP contribution in [0, 0.1) is 0 Å². The lowest BCUT2D eigenvalue weighted by atomic mass is 9.91. The van der Waals surface area contributed by atoms with Crippen molar-refractivity contribution >= 4 is 11.0 Å². The summed E-state index contributed by atoms with van der Waals surface area (Å²) in [5.41, 5.74) is 3.92. The topological polar surface area (TPSA) is 31.9 Å². The minimum atomic E-state index is 0.673. The first-order valence-electron chi connectivity index (χ1n) is 5.86. The Labute approximate surface area is 95.5 Å². The molecule has 0 unspecified atom stereocenters. The molecule has 2 aromatic heterocycles. The molecule has 0 radical (unpaired) electrons. The average molecular weight is 215 g/mol. The summed E-state index contributed by atoms with van der Waals surface area (Å²) in [6.07, 6.45) is 5.39. The van der Waals surface area contributed by atoms with Gasteiger partial charge in [0.05, 0.1) is 0 Å². The molecule has 3 nitrogen and oxygen atoms in total. The number of pyridine rings is 1. The predicted molar refractivity (Wildman–Crippen MR) is 65.6 cm³/mol. The molecule has 0 aliphatic heterocycles. The molecule has 0 amide bonds. The van der Waals surface area contributed by atoms with Crippen LogP contribution in [0.2, 0.25) is 0 Å². The van der Waals surface area contributed by atoms with Crippen LogP contribution in [-0.2, 0) is 12.8 Å². The van der Waals surface area contributed by atoms with E-state index in [0.717, 1.165) is 18.5 Å². The van der Waals surface area contributed by atoms with Gasteiger partial charge in [0.1, 0.15) is 5.65 Å². The standard InChI is InChI=1S/C13H17N3/c1-16(2)9-5-6-12-11(8-9)10-4-3-7-14-13(10)15-12/h3-4,7,9H,5-6,8H2,1-2H3,(H,14,15)/t9-/m1/s1. The number of H-pyrrole nitrogens is 1. The Bertz CT molecular complexity index is 513. The van der Waals surface area contributed by atoms with Crippen molar-refractivity contribution in [3.8, 4) is 0 Å². The first-order valence-corrected chi connectivity index (χ1v) is 5.86. The van der Waals surface area contributed by atoms with Crippen LogP contribution < -0.4 is 0 Å². The largest absolute Gasteiger partial charge is 0.343 e. The number of hydrogen-bond donors (Lipinski definition) is 1. The van der Waals surface area contributed by atoms with Crippen LogP contribution in [0.15, 0.2) is 18.3 Å². The van der Waals surface area contributed by atoms with Crippen LogP contribution in [0.3, 0.4) is 0 Å². The second-order valence-electron chi connectivity index (χ2n) is 4.84. The van der Waals surface area contributed by atoms with Gasteiger partial charge < -0.3 is 9.88 Å². The monoisotopic (exact) mass is 215 g/mol. The maximum absolute atomic E-state index is 4.39. The molecule has 0 saturated heterocycles. The summed E-state index contributed by atoms with van der Waals surface area (Å²) in [5.74, 6) is 0. The predicted octanol–water partition coefficient (Wildman–Crippen LogP) is 1.98. The third-order valence-corrected chi connectivity index (χ3v) is 3.66. The van der Waals surface area contributed by atoms with Gasteiger partial charge in [-0.15, -0.1) is 0 Å². The zero-order valence-corrected chi connectivity index (χ0v) is 9.83. The third kappa shape index (κ3) is 1.43. The second kappa shape index (κ2) is 3.59. The maximum atomic E-state index is 4.39. The summed E-state index contributed by atoms with van der Waals surface area (Å²) in [4.78, 5) is 10.2. The summed E-state index contributed by atoms with van der Waals surface area (Å²) >= 11 is 0. The van der Waals surface area contributed by atoms with E-state index in [9.17, 15) is 0 Å². The number of nitrogens with one attached hydrogen (secondary N) is 1. The summed E-state index contributed by atoms with van der Waals surface area (Å²) in [6, 6.07) is 4.87. The highest BCUT2D eigenvalue weighted by atomic mass is 15.1. The first kappa shape index (κ1) is 9.85. The van der Waals surface area contributed by atoms with Crippen LogP contribution in [0.5, 0.6) is 0 Å². The Morgan fingerprint density at radius 1 is 1.44 bits per heavy atom. The maximum Gasteiger partial charge on any atom is 0.137 e. The van der Waals surface area contributed by atoms with Crippen molar-refractivity contribution in [1.82, 2.24) is 14.9 Å². The Kier molecular flexibility index (Phi) is 2.21. The van der Waals surface area contributed by atoms with Crippen molar-refractivity contribution < 1.29 is 0 Å². The molecule has 1 aliphatic carbocycles. The van der Waals surface area contributed by atoms with E-state index in [1.54, 1.807) is 0 Å². The minimum absolute atomic E-state index is 0.673. The molecule has 3 rings (SSSR count). The van der Waals surface area contributed by atoms with Gasteiger partial charge in [-0.25, -0.2) is 4.98 Å². The number of hydrogen-bond acceptors (Lipinski definition) is 2. The van der Waals surface area contributed by atoms with Crippen molar-refractivity contribution in [3.05, 3.63) is 29.6 Å². The van der Waals surface area contributed by atoms with Crippen LogP contribution in [-0.4, -0.2) is 35.0 Å². The molecule has 0 bridgehead atoms. The molecule has 3 heteroatoms. The highest BCUT2D eigenvalue weighted by Gasteiger charge is 2.23. The fourth-order valence-electron chi connectivity index (χ4n) is 2.67. The van der Waals surface area contributed by atoms with Crippen LogP contribution in [0.4, 0.5) is 0 Å². The highest BCUT2D eigenvalue weighted by Crippen LogP contribution is 2.29. The van der Waals surface area contributed by atoms with Crippen molar-refractivity contribution in [2.45, 2.75) is 25.3 Å². The molecule has 0 aromatic carbocycles. The van der Waals surface area contributed by atoms with Gasteiger partial charge in [-0.2, -0.15) is 0 Å². The lowest BCUT2D eigenvalue weighted by molar-refractivity contribution is 0.268. The first-order chi connectivity index (χ1) is 7.75. The Morgan fingerprint density at radius 2 is 2.31 bits per heavy atom. The van der Waals surface area contributed by atoms with E-state index < -0.39 is 0 Å². The third-order valence-electron chi connectivity index (χ3n) is 3.66. The normalized spacial score (nSPS) is 20.3. The van der Waals surface area contributed by atoms with Crippen LogP contribution >= 0.6 is 0 Å². The lowest BCUT2D eigenvalue weighted by Gasteiger charge is -2.28. The molecule has 16 heavy (non-hydrogen) atoms. The van der Waals surface area contributed by atoms with Gasteiger partial charge in [-0.1, -0.05) is 0 Å². The van der Waals surface area contributed by atoms with Gasteiger partial charge in [-0.3, -0.25) is 0 Å². The van der Waals surface area contributed by atoms with E-state index in [4.69, 9.17) is 0 Å². The summed E-state index contributed by atoms with van der Waals surface area (Å²) in [6.45, 7) is 0. The fourth-order valence-corrected chi connectivity index (χ4v) is 2.67. The zero-order valence-electron chi connectivity index (χ0n) is 9.83. The second-order valence-corrected chi connectivity index (χ2v) is 4.84. The number of likely N-dealkylation sites (N-methyl/N-ethyl adjacent to an activating group) is 1. The zero-order chi connectivity index (χ0) is 11.1. The number of aromatic nitrogens is 2. The van der Waals surface area contributed by atoms with Crippen molar-refractivity contribution in [2.24, 2.45) is 0 Å². The minimum Gasteiger partial charge on any atom is -0.343 e. The smallest absolute Gasteiger partial charge is 0.137 e. The van der Waals surface area contributed by atoms with Gasteiger partial charge in [0.15, 0.2) is 0 Å². The number of rotatable bonds is 1. The van der Waals surface area contributed by atoms with Gasteiger partial charge in [0.2, 0.25) is 0 Å². The Morgan fingerprint density at radius 3 is 3.12 bits per heavy atom. The molecule has 84 valence electrons. The Hall–Kier alpha value is -1.35. The fraction of sp³-hybridized carbons (Fsp3) is 0.462. The van der Waals surface area contributed by atoms with E-state index in [1.165, 1.54) is 23.1 Å². The molecular weight excluding hydrogens is 198 g/mol. The SMILES string of the molecule is CN(C)[C@@H]1CCc2[nH]c3ncccc3c2C1. The van der Waals surface area contributed by atoms with Gasteiger partial charge >= 0.3 is 0 Å². The van der Waals surface area contributed by atoms with Gasteiger partial charge in [0, 0.05) is 23.3 Å². The number of nitrogens with zero attached hydrogens (tertiary/aromatic N) is 2. The number of aromatic amines is 1.